The normalized spacial score (nSPS) is 16.3. The number of hydrogen-bond acceptors (Lipinski definition) is 4. The number of esters is 1. The number of fused-ring (bicyclic) bond motifs is 1. The van der Waals surface area contributed by atoms with Gasteiger partial charge in [0.25, 0.3) is 5.91 Å². The van der Waals surface area contributed by atoms with E-state index in [2.05, 4.69) is 0 Å². The summed E-state index contributed by atoms with van der Waals surface area (Å²) in [6.45, 7) is 4.61. The number of nitrogens with zero attached hydrogens (tertiary/aromatic N) is 2. The lowest BCUT2D eigenvalue weighted by Gasteiger charge is -2.26. The minimum absolute atomic E-state index is 0.0106. The quantitative estimate of drug-likeness (QED) is 0.523. The van der Waals surface area contributed by atoms with Crippen LogP contribution in [0.25, 0.3) is 0 Å². The van der Waals surface area contributed by atoms with E-state index in [1.54, 1.807) is 0 Å². The summed E-state index contributed by atoms with van der Waals surface area (Å²) in [5.41, 5.74) is 3.70. The molecule has 0 radical (unpaired) electrons. The molecular weight excluding hydrogens is 364 g/mol. The van der Waals surface area contributed by atoms with E-state index in [1.807, 2.05) is 73.3 Å². The zero-order valence-corrected chi connectivity index (χ0v) is 17.3. The van der Waals surface area contributed by atoms with Gasteiger partial charge in [0.05, 0.1) is 18.5 Å². The highest BCUT2D eigenvalue weighted by Gasteiger charge is 2.33. The van der Waals surface area contributed by atoms with Crippen LogP contribution in [0, 0.1) is 5.92 Å². The Hall–Kier alpha value is -2.95. The lowest BCUT2D eigenvalue weighted by atomic mass is 10.00. The van der Waals surface area contributed by atoms with Crippen molar-refractivity contribution in [3.05, 3.63) is 65.7 Å². The van der Waals surface area contributed by atoms with Gasteiger partial charge < -0.3 is 9.64 Å². The number of amides is 1. The van der Waals surface area contributed by atoms with Crippen molar-refractivity contribution in [2.45, 2.75) is 39.2 Å². The molecule has 3 rings (SSSR count). The summed E-state index contributed by atoms with van der Waals surface area (Å²) in [6, 6.07) is 17.5. The molecule has 0 spiro atoms. The first kappa shape index (κ1) is 20.8. The lowest BCUT2D eigenvalue weighted by Crippen LogP contribution is -2.40. The number of unbranched alkanes of at least 4 members (excludes halogenated alkanes) is 1. The lowest BCUT2D eigenvalue weighted by molar-refractivity contribution is -0.140. The van der Waals surface area contributed by atoms with Crippen LogP contribution in [-0.2, 0) is 14.3 Å². The molecule has 0 fully saturated rings. The smallest absolute Gasteiger partial charge is 0.305 e. The summed E-state index contributed by atoms with van der Waals surface area (Å²) in [6.07, 6.45) is 1.76. The molecule has 0 N–H and O–H groups in total. The molecule has 1 amide bonds. The van der Waals surface area contributed by atoms with Crippen LogP contribution in [0.5, 0.6) is 0 Å². The molecule has 0 aromatic heterocycles. The molecule has 0 saturated heterocycles. The van der Waals surface area contributed by atoms with E-state index in [0.717, 1.165) is 28.9 Å². The predicted molar refractivity (Wildman–Crippen MR) is 115 cm³/mol. The first-order valence-electron chi connectivity index (χ1n) is 10.1. The van der Waals surface area contributed by atoms with Crippen LogP contribution < -0.4 is 4.90 Å². The van der Waals surface area contributed by atoms with Gasteiger partial charge in [-0.05, 0) is 24.8 Å². The molecule has 152 valence electrons. The van der Waals surface area contributed by atoms with Gasteiger partial charge in [-0.1, -0.05) is 62.4 Å². The van der Waals surface area contributed by atoms with E-state index in [0.29, 0.717) is 19.4 Å². The molecule has 5 heteroatoms. The highest BCUT2D eigenvalue weighted by molar-refractivity contribution is 6.20. The number of benzodiazepines with no additional fused rings is 1. The van der Waals surface area contributed by atoms with Crippen molar-refractivity contribution in [1.29, 1.82) is 0 Å². The number of ether oxygens (including phenoxy) is 1. The maximum absolute atomic E-state index is 13.4. The average molecular weight is 392 g/mol. The van der Waals surface area contributed by atoms with Crippen LogP contribution in [0.15, 0.2) is 59.6 Å². The third kappa shape index (κ3) is 4.73. The number of carbonyl (C=O) groups is 2. The zero-order chi connectivity index (χ0) is 20.8. The highest BCUT2D eigenvalue weighted by Crippen LogP contribution is 2.30. The Morgan fingerprint density at radius 1 is 1.07 bits per heavy atom. The largest absolute Gasteiger partial charge is 0.469 e. The van der Waals surface area contributed by atoms with E-state index in [9.17, 15) is 9.59 Å². The van der Waals surface area contributed by atoms with Crippen LogP contribution in [0.3, 0.4) is 0 Å². The Labute approximate surface area is 172 Å². The van der Waals surface area contributed by atoms with Gasteiger partial charge in [0.1, 0.15) is 6.04 Å². The molecule has 1 atom stereocenters. The molecule has 29 heavy (non-hydrogen) atoms. The van der Waals surface area contributed by atoms with Crippen molar-refractivity contribution in [2.24, 2.45) is 10.9 Å². The zero-order valence-electron chi connectivity index (χ0n) is 17.3. The van der Waals surface area contributed by atoms with Crippen molar-refractivity contribution in [1.82, 2.24) is 0 Å². The molecule has 0 aliphatic carbocycles. The van der Waals surface area contributed by atoms with Gasteiger partial charge in [-0.25, -0.2) is 0 Å². The van der Waals surface area contributed by atoms with Gasteiger partial charge in [-0.3, -0.25) is 14.6 Å². The summed E-state index contributed by atoms with van der Waals surface area (Å²) in [4.78, 5) is 31.6. The SMILES string of the molecule is COC(=O)CCCCN1C(=O)[C@H](C(C)C)N=C(c2ccccc2)c2ccccc21. The molecule has 0 saturated carbocycles. The molecule has 1 heterocycles. The number of hydrogen-bond donors (Lipinski definition) is 0. The Morgan fingerprint density at radius 3 is 2.45 bits per heavy atom. The summed E-state index contributed by atoms with van der Waals surface area (Å²) in [7, 11) is 1.40. The number of aliphatic imine (C=N–C) groups is 1. The Morgan fingerprint density at radius 2 is 1.76 bits per heavy atom. The molecule has 1 aliphatic heterocycles. The number of rotatable bonds is 7. The second kappa shape index (κ2) is 9.50. The molecule has 1 aliphatic rings. The number of para-hydroxylation sites is 1. The number of benzene rings is 2. The minimum atomic E-state index is -0.446. The summed E-state index contributed by atoms with van der Waals surface area (Å²) < 4.78 is 4.71. The van der Waals surface area contributed by atoms with Crippen LogP contribution in [0.1, 0.15) is 44.2 Å². The predicted octanol–water partition coefficient (Wildman–Crippen LogP) is 4.24. The summed E-state index contributed by atoms with van der Waals surface area (Å²) in [5.74, 6) is -0.133. The van der Waals surface area contributed by atoms with Crippen LogP contribution >= 0.6 is 0 Å². The second-order valence-electron chi connectivity index (χ2n) is 7.57. The van der Waals surface area contributed by atoms with E-state index >= 15 is 0 Å². The van der Waals surface area contributed by atoms with Crippen molar-refractivity contribution in [2.75, 3.05) is 18.6 Å². The minimum Gasteiger partial charge on any atom is -0.469 e. The van der Waals surface area contributed by atoms with Crippen molar-refractivity contribution < 1.29 is 14.3 Å². The second-order valence-corrected chi connectivity index (χ2v) is 7.57. The van der Waals surface area contributed by atoms with Crippen LogP contribution in [-0.4, -0.2) is 37.3 Å². The summed E-state index contributed by atoms with van der Waals surface area (Å²) >= 11 is 0. The molecule has 2 aromatic carbocycles. The highest BCUT2D eigenvalue weighted by atomic mass is 16.5. The Bertz CT molecular complexity index is 890. The van der Waals surface area contributed by atoms with Gasteiger partial charge in [0.2, 0.25) is 0 Å². The van der Waals surface area contributed by atoms with Gasteiger partial charge >= 0.3 is 5.97 Å². The topological polar surface area (TPSA) is 59.0 Å². The molecule has 0 unspecified atom stereocenters. The first-order chi connectivity index (χ1) is 14.0. The monoisotopic (exact) mass is 392 g/mol. The van der Waals surface area contributed by atoms with Crippen LogP contribution in [0.2, 0.25) is 0 Å². The molecule has 0 bridgehead atoms. The van der Waals surface area contributed by atoms with E-state index in [4.69, 9.17) is 9.73 Å². The van der Waals surface area contributed by atoms with Crippen molar-refractivity contribution >= 4 is 23.3 Å². The molecular formula is C24H28N2O3. The number of carbonyl (C=O) groups excluding carboxylic acids is 2. The number of anilines is 1. The fourth-order valence-corrected chi connectivity index (χ4v) is 3.58. The van der Waals surface area contributed by atoms with Crippen molar-refractivity contribution in [3.8, 4) is 0 Å². The third-order valence-electron chi connectivity index (χ3n) is 5.16. The summed E-state index contributed by atoms with van der Waals surface area (Å²) in [5, 5.41) is 0. The Balaban J connectivity index is 1.97. The van der Waals surface area contributed by atoms with Crippen LogP contribution in [0.4, 0.5) is 5.69 Å². The van der Waals surface area contributed by atoms with Gasteiger partial charge in [-0.15, -0.1) is 0 Å². The van der Waals surface area contributed by atoms with Gasteiger partial charge in [-0.2, -0.15) is 0 Å². The van der Waals surface area contributed by atoms with Gasteiger partial charge in [0, 0.05) is 24.1 Å². The van der Waals surface area contributed by atoms with E-state index in [1.165, 1.54) is 7.11 Å². The molecule has 5 nitrogen and oxygen atoms in total. The van der Waals surface area contributed by atoms with Crippen molar-refractivity contribution in [3.63, 3.8) is 0 Å². The van der Waals surface area contributed by atoms with E-state index in [-0.39, 0.29) is 17.8 Å². The first-order valence-corrected chi connectivity index (χ1v) is 10.1. The fourth-order valence-electron chi connectivity index (χ4n) is 3.58. The maximum atomic E-state index is 13.4. The molecule has 2 aromatic rings. The average Bonchev–Trinajstić information content (AvgIpc) is 2.86. The van der Waals surface area contributed by atoms with Gasteiger partial charge in [0.15, 0.2) is 0 Å². The number of methoxy groups -OCH3 is 1. The Kier molecular flexibility index (Phi) is 6.81. The standard InChI is InChI=1S/C24H28N2O3/c1-17(2)22-24(28)26(16-10-9-15-21(27)29-3)20-14-8-7-13-19(20)23(25-22)18-11-5-4-6-12-18/h4-8,11-14,17,22H,9-10,15-16H2,1-3H3/t22-/m0/s1. The van der Waals surface area contributed by atoms with E-state index < -0.39 is 6.04 Å². The maximum Gasteiger partial charge on any atom is 0.305 e. The third-order valence-corrected chi connectivity index (χ3v) is 5.16. The fraction of sp³-hybridized carbons (Fsp3) is 0.375.